The van der Waals surface area contributed by atoms with Crippen LogP contribution in [0.4, 0.5) is 0 Å². The van der Waals surface area contributed by atoms with Crippen molar-refractivity contribution in [3.63, 3.8) is 0 Å². The quantitative estimate of drug-likeness (QED) is 0.654. The van der Waals surface area contributed by atoms with Gasteiger partial charge >= 0.3 is 0 Å². The van der Waals surface area contributed by atoms with Crippen LogP contribution < -0.4 is 10.4 Å². The molecule has 1 saturated carbocycles. The largest absolute Gasteiger partial charge is 0.0741 e. The minimum atomic E-state index is 0.581. The predicted octanol–water partition coefficient (Wildman–Crippen LogP) is 5.87. The summed E-state index contributed by atoms with van der Waals surface area (Å²) in [6, 6.07) is 13.7. The van der Waals surface area contributed by atoms with Crippen LogP contribution in [0.3, 0.4) is 0 Å². The normalized spacial score (nSPS) is 18.7. The van der Waals surface area contributed by atoms with Gasteiger partial charge in [0.1, 0.15) is 0 Å². The molecule has 0 heterocycles. The maximum atomic E-state index is 2.53. The highest BCUT2D eigenvalue weighted by Crippen LogP contribution is 2.27. The third-order valence-corrected chi connectivity index (χ3v) is 6.09. The van der Waals surface area contributed by atoms with Crippen molar-refractivity contribution >= 4 is 12.2 Å². The third-order valence-electron chi connectivity index (χ3n) is 6.09. The van der Waals surface area contributed by atoms with Crippen molar-refractivity contribution < 1.29 is 0 Å². The molecule has 0 N–H and O–H groups in total. The summed E-state index contributed by atoms with van der Waals surface area (Å²) >= 11 is 0. The lowest BCUT2D eigenvalue weighted by molar-refractivity contribution is 0.419. The van der Waals surface area contributed by atoms with Gasteiger partial charge in [-0.25, -0.2) is 0 Å². The minimum absolute atomic E-state index is 0.581. The molecule has 0 atom stereocenters. The molecule has 1 fully saturated rings. The Kier molecular flexibility index (Phi) is 4.85. The van der Waals surface area contributed by atoms with E-state index in [0.29, 0.717) is 5.92 Å². The van der Waals surface area contributed by atoms with Crippen LogP contribution in [0.1, 0.15) is 63.0 Å². The van der Waals surface area contributed by atoms with Crippen molar-refractivity contribution in [2.45, 2.75) is 58.8 Å². The van der Waals surface area contributed by atoms with Crippen molar-refractivity contribution in [2.75, 3.05) is 0 Å². The summed E-state index contributed by atoms with van der Waals surface area (Å²) in [5, 5.41) is 2.82. The van der Waals surface area contributed by atoms with Crippen molar-refractivity contribution in [2.24, 2.45) is 5.92 Å². The molecule has 0 radical (unpaired) electrons. The van der Waals surface area contributed by atoms with E-state index in [-0.39, 0.29) is 0 Å². The molecule has 0 bridgehead atoms. The summed E-state index contributed by atoms with van der Waals surface area (Å²) in [5.74, 6) is 1.35. The Balaban J connectivity index is 1.75. The summed E-state index contributed by atoms with van der Waals surface area (Å²) in [5.41, 5.74) is 6.90. The first kappa shape index (κ1) is 17.3. The van der Waals surface area contributed by atoms with Crippen LogP contribution in [0.25, 0.3) is 23.3 Å². The zero-order valence-electron chi connectivity index (χ0n) is 16.4. The molecule has 26 heavy (non-hydrogen) atoms. The molecule has 2 aliphatic carbocycles. The van der Waals surface area contributed by atoms with Gasteiger partial charge < -0.3 is 0 Å². The second-order valence-corrected chi connectivity index (χ2v) is 8.39. The second-order valence-electron chi connectivity index (χ2n) is 8.39. The highest BCUT2D eigenvalue weighted by atomic mass is 14.2. The molecule has 0 heteroatoms. The maximum absolute atomic E-state index is 2.53. The lowest BCUT2D eigenvalue weighted by atomic mass is 9.88. The van der Waals surface area contributed by atoms with Crippen molar-refractivity contribution in [3.05, 3.63) is 69.6 Å². The van der Waals surface area contributed by atoms with Gasteiger partial charge in [-0.15, -0.1) is 0 Å². The average molecular weight is 343 g/mol. The zero-order valence-corrected chi connectivity index (χ0v) is 16.4. The fourth-order valence-electron chi connectivity index (χ4n) is 4.44. The molecule has 2 aromatic carbocycles. The number of fused-ring (bicyclic) bond motifs is 1. The molecule has 0 spiro atoms. The highest BCUT2D eigenvalue weighted by Gasteiger charge is 2.13. The van der Waals surface area contributed by atoms with Crippen LogP contribution in [0.5, 0.6) is 0 Å². The highest BCUT2D eigenvalue weighted by molar-refractivity contribution is 5.78. The van der Waals surface area contributed by atoms with Crippen molar-refractivity contribution in [3.8, 4) is 11.1 Å². The van der Waals surface area contributed by atoms with Gasteiger partial charge in [-0.1, -0.05) is 75.6 Å². The van der Waals surface area contributed by atoms with Crippen molar-refractivity contribution in [1.82, 2.24) is 0 Å². The Hall–Kier alpha value is -2.08. The number of allylic oxidation sites excluding steroid dienone is 2. The van der Waals surface area contributed by atoms with E-state index >= 15 is 0 Å². The topological polar surface area (TPSA) is 0 Å². The SMILES string of the molecule is Cc1ccc(-c2ccc(C(C)C)cc2)c2c1=CC(=CC1CCCCC1)C=2. The standard InChI is InChI=1S/C26H30/c1-18(2)22-10-12-23(13-11-22)24-14-9-19(3)25-16-21(17-26(24)25)15-20-7-5-4-6-8-20/h9-18,20H,4-8H2,1-3H3. The molecule has 4 rings (SSSR count). The van der Waals surface area contributed by atoms with E-state index < -0.39 is 0 Å². The first-order valence-corrected chi connectivity index (χ1v) is 10.3. The third kappa shape index (κ3) is 3.43. The molecule has 0 nitrogen and oxygen atoms in total. The molecule has 0 unspecified atom stereocenters. The van der Waals surface area contributed by atoms with Gasteiger partial charge in [0, 0.05) is 0 Å². The van der Waals surface area contributed by atoms with Gasteiger partial charge in [0.25, 0.3) is 0 Å². The Morgan fingerprint density at radius 2 is 1.54 bits per heavy atom. The van der Waals surface area contributed by atoms with E-state index in [4.69, 9.17) is 0 Å². The lowest BCUT2D eigenvalue weighted by Crippen LogP contribution is -2.26. The predicted molar refractivity (Wildman–Crippen MR) is 114 cm³/mol. The molecule has 0 amide bonds. The van der Waals surface area contributed by atoms with Crippen LogP contribution in [0, 0.1) is 12.8 Å². The summed E-state index contributed by atoms with van der Waals surface area (Å²) in [6.07, 6.45) is 14.3. The van der Waals surface area contributed by atoms with Gasteiger partial charge in [-0.3, -0.25) is 0 Å². The first-order chi connectivity index (χ1) is 12.6. The second kappa shape index (κ2) is 7.27. The van der Waals surface area contributed by atoms with Gasteiger partial charge in [-0.05, 0) is 82.0 Å². The molecule has 134 valence electrons. The minimum Gasteiger partial charge on any atom is -0.0741 e. The fraction of sp³-hybridized carbons (Fsp3) is 0.385. The average Bonchev–Trinajstić information content (AvgIpc) is 3.07. The molecule has 0 aliphatic heterocycles. The number of hydrogen-bond acceptors (Lipinski definition) is 0. The van der Waals surface area contributed by atoms with E-state index in [0.717, 1.165) is 5.92 Å². The lowest BCUT2D eigenvalue weighted by Gasteiger charge is -2.18. The van der Waals surface area contributed by atoms with E-state index in [2.05, 4.69) is 75.4 Å². The fourth-order valence-corrected chi connectivity index (χ4v) is 4.44. The molecule has 2 aliphatic rings. The van der Waals surface area contributed by atoms with Gasteiger partial charge in [0.2, 0.25) is 0 Å². The van der Waals surface area contributed by atoms with E-state index in [1.165, 1.54) is 70.4 Å². The van der Waals surface area contributed by atoms with Gasteiger partial charge in [-0.2, -0.15) is 0 Å². The molecule has 2 aromatic rings. The van der Waals surface area contributed by atoms with Crippen LogP contribution in [-0.2, 0) is 0 Å². The number of rotatable bonds is 3. The maximum Gasteiger partial charge on any atom is -0.00967 e. The van der Waals surface area contributed by atoms with Crippen molar-refractivity contribution in [1.29, 1.82) is 0 Å². The Bertz CT molecular complexity index is 933. The summed E-state index contributed by atoms with van der Waals surface area (Å²) < 4.78 is 0. The number of aryl methyl sites for hydroxylation is 1. The van der Waals surface area contributed by atoms with Crippen LogP contribution in [0.15, 0.2) is 48.0 Å². The van der Waals surface area contributed by atoms with Crippen LogP contribution >= 0.6 is 0 Å². The smallest absolute Gasteiger partial charge is 0.00967 e. The summed E-state index contributed by atoms with van der Waals surface area (Å²) in [4.78, 5) is 0. The molecular formula is C26H30. The summed E-state index contributed by atoms with van der Waals surface area (Å²) in [7, 11) is 0. The van der Waals surface area contributed by atoms with E-state index in [1.807, 2.05) is 0 Å². The monoisotopic (exact) mass is 342 g/mol. The first-order valence-electron chi connectivity index (χ1n) is 10.3. The summed E-state index contributed by atoms with van der Waals surface area (Å²) in [6.45, 7) is 6.74. The van der Waals surface area contributed by atoms with E-state index in [9.17, 15) is 0 Å². The van der Waals surface area contributed by atoms with Crippen LogP contribution in [0.2, 0.25) is 0 Å². The number of hydrogen-bond donors (Lipinski definition) is 0. The molecule has 0 aromatic heterocycles. The number of benzene rings is 2. The zero-order chi connectivity index (χ0) is 18.1. The van der Waals surface area contributed by atoms with Gasteiger partial charge in [0.15, 0.2) is 0 Å². The van der Waals surface area contributed by atoms with Gasteiger partial charge in [0.05, 0.1) is 0 Å². The molecular weight excluding hydrogens is 312 g/mol. The van der Waals surface area contributed by atoms with Crippen LogP contribution in [-0.4, -0.2) is 0 Å². The van der Waals surface area contributed by atoms with E-state index in [1.54, 1.807) is 0 Å². The molecule has 0 saturated heterocycles. The Morgan fingerprint density at radius 1 is 0.846 bits per heavy atom. The Morgan fingerprint density at radius 3 is 2.23 bits per heavy atom. The Labute approximate surface area is 158 Å².